The molecule has 0 radical (unpaired) electrons. The lowest BCUT2D eigenvalue weighted by molar-refractivity contribution is 0.169. The summed E-state index contributed by atoms with van der Waals surface area (Å²) >= 11 is 1.41. The lowest BCUT2D eigenvalue weighted by atomic mass is 10.4. The Morgan fingerprint density at radius 1 is 1.50 bits per heavy atom. The second kappa shape index (κ2) is 6.18. The summed E-state index contributed by atoms with van der Waals surface area (Å²) in [4.78, 5) is 21.8. The van der Waals surface area contributed by atoms with Crippen molar-refractivity contribution in [3.05, 3.63) is 36.4 Å². The summed E-state index contributed by atoms with van der Waals surface area (Å²) in [6, 6.07) is 3.77. The number of cyclic esters (lactones) is 1. The molecule has 114 valence electrons. The number of aromatic nitrogens is 3. The standard InChI is InChI=1S/C14H15N5O2S/c1-10-12(9-19(17-10)11-4-3-5-15-8-11)16-13(22-2)18-6-7-21-14(18)20/h3-5,8-9H,6-7H2,1-2H3/b16-13-. The molecule has 0 N–H and O–H groups in total. The number of aryl methyl sites for hydroxylation is 1. The van der Waals surface area contributed by atoms with Gasteiger partial charge in [0.25, 0.3) is 0 Å². The number of aliphatic imine (C=N–C) groups is 1. The van der Waals surface area contributed by atoms with Crippen LogP contribution in [0.1, 0.15) is 5.69 Å². The minimum Gasteiger partial charge on any atom is -0.447 e. The first-order valence-electron chi connectivity index (χ1n) is 6.72. The van der Waals surface area contributed by atoms with Crippen molar-refractivity contribution >= 4 is 28.7 Å². The first-order valence-corrected chi connectivity index (χ1v) is 7.95. The third-order valence-electron chi connectivity index (χ3n) is 3.17. The fourth-order valence-corrected chi connectivity index (χ4v) is 2.64. The fourth-order valence-electron chi connectivity index (χ4n) is 2.07. The van der Waals surface area contributed by atoms with Crippen LogP contribution in [-0.2, 0) is 4.74 Å². The molecule has 0 aliphatic carbocycles. The lowest BCUT2D eigenvalue weighted by Gasteiger charge is -2.12. The molecule has 0 atom stereocenters. The molecule has 8 heteroatoms. The molecule has 0 bridgehead atoms. The number of amidine groups is 1. The third-order valence-corrected chi connectivity index (χ3v) is 3.85. The molecule has 0 saturated carbocycles. The van der Waals surface area contributed by atoms with Crippen molar-refractivity contribution in [2.45, 2.75) is 6.92 Å². The van der Waals surface area contributed by atoms with E-state index in [0.29, 0.717) is 24.0 Å². The number of carbonyl (C=O) groups is 1. The highest BCUT2D eigenvalue weighted by Gasteiger charge is 2.26. The summed E-state index contributed by atoms with van der Waals surface area (Å²) in [7, 11) is 0. The summed E-state index contributed by atoms with van der Waals surface area (Å²) in [5.41, 5.74) is 2.36. The Bertz CT molecular complexity index is 713. The maximum absolute atomic E-state index is 11.7. The molecule has 1 saturated heterocycles. The third kappa shape index (κ3) is 2.82. The van der Waals surface area contributed by atoms with E-state index >= 15 is 0 Å². The second-order valence-corrected chi connectivity index (χ2v) is 5.39. The highest BCUT2D eigenvalue weighted by molar-refractivity contribution is 8.13. The molecule has 0 spiro atoms. The minimum absolute atomic E-state index is 0.356. The predicted molar refractivity (Wildman–Crippen MR) is 84.8 cm³/mol. The number of hydrogen-bond donors (Lipinski definition) is 0. The molecule has 0 aromatic carbocycles. The summed E-state index contributed by atoms with van der Waals surface area (Å²) in [5.74, 6) is 0. The molecular weight excluding hydrogens is 302 g/mol. The Morgan fingerprint density at radius 3 is 3.00 bits per heavy atom. The van der Waals surface area contributed by atoms with Crippen LogP contribution in [0.3, 0.4) is 0 Å². The zero-order chi connectivity index (χ0) is 15.5. The molecule has 3 heterocycles. The molecule has 22 heavy (non-hydrogen) atoms. The van der Waals surface area contributed by atoms with Crippen molar-refractivity contribution < 1.29 is 9.53 Å². The van der Waals surface area contributed by atoms with Crippen molar-refractivity contribution in [1.29, 1.82) is 0 Å². The van der Waals surface area contributed by atoms with E-state index < -0.39 is 0 Å². The largest absolute Gasteiger partial charge is 0.447 e. The van der Waals surface area contributed by atoms with E-state index in [1.807, 2.05) is 31.5 Å². The number of amides is 1. The van der Waals surface area contributed by atoms with Crippen LogP contribution in [0.5, 0.6) is 0 Å². The predicted octanol–water partition coefficient (Wildman–Crippen LogP) is 2.38. The van der Waals surface area contributed by atoms with Gasteiger partial charge >= 0.3 is 6.09 Å². The molecule has 1 aliphatic rings. The van der Waals surface area contributed by atoms with Crippen LogP contribution in [0, 0.1) is 6.92 Å². The molecule has 2 aromatic heterocycles. The van der Waals surface area contributed by atoms with E-state index in [2.05, 4.69) is 15.1 Å². The van der Waals surface area contributed by atoms with Crippen molar-refractivity contribution in [2.75, 3.05) is 19.4 Å². The van der Waals surface area contributed by atoms with Crippen LogP contribution < -0.4 is 0 Å². The van der Waals surface area contributed by atoms with Gasteiger partial charge in [0.05, 0.1) is 30.3 Å². The zero-order valence-corrected chi connectivity index (χ0v) is 13.1. The Labute approximate surface area is 132 Å². The van der Waals surface area contributed by atoms with E-state index in [4.69, 9.17) is 4.74 Å². The first kappa shape index (κ1) is 14.6. The van der Waals surface area contributed by atoms with E-state index in [-0.39, 0.29) is 6.09 Å². The van der Waals surface area contributed by atoms with Crippen molar-refractivity contribution in [1.82, 2.24) is 19.7 Å². The summed E-state index contributed by atoms with van der Waals surface area (Å²) in [6.07, 6.45) is 6.79. The number of pyridine rings is 1. The SMILES string of the molecule is CS/C(=N\c1cn(-c2cccnc2)nc1C)N1CCOC1=O. The highest BCUT2D eigenvalue weighted by Crippen LogP contribution is 2.23. The Balaban J connectivity index is 1.93. The van der Waals surface area contributed by atoms with Crippen LogP contribution in [-0.4, -0.2) is 50.3 Å². The summed E-state index contributed by atoms with van der Waals surface area (Å²) < 4.78 is 6.68. The number of thioether (sulfide) groups is 1. The number of hydrogen-bond acceptors (Lipinski definition) is 6. The Morgan fingerprint density at radius 2 is 2.36 bits per heavy atom. The van der Waals surface area contributed by atoms with E-state index in [1.165, 1.54) is 16.7 Å². The van der Waals surface area contributed by atoms with Crippen molar-refractivity contribution in [3.63, 3.8) is 0 Å². The molecule has 2 aromatic rings. The summed E-state index contributed by atoms with van der Waals surface area (Å²) in [5, 5.41) is 5.05. The maximum Gasteiger partial charge on any atom is 0.416 e. The quantitative estimate of drug-likeness (QED) is 0.628. The highest BCUT2D eigenvalue weighted by atomic mass is 32.2. The number of nitrogens with zero attached hydrogens (tertiary/aromatic N) is 5. The molecule has 1 amide bonds. The lowest BCUT2D eigenvalue weighted by Crippen LogP contribution is -2.29. The normalized spacial score (nSPS) is 15.3. The topological polar surface area (TPSA) is 72.6 Å². The van der Waals surface area contributed by atoms with Crippen LogP contribution >= 0.6 is 11.8 Å². The van der Waals surface area contributed by atoms with Gasteiger partial charge in [-0.2, -0.15) is 5.10 Å². The number of carbonyl (C=O) groups excluding carboxylic acids is 1. The van der Waals surface area contributed by atoms with Gasteiger partial charge < -0.3 is 4.74 Å². The van der Waals surface area contributed by atoms with Crippen LogP contribution in [0.25, 0.3) is 5.69 Å². The molecule has 0 unspecified atom stereocenters. The first-order chi connectivity index (χ1) is 10.7. The molecule has 1 aliphatic heterocycles. The van der Waals surface area contributed by atoms with Gasteiger partial charge in [0.15, 0.2) is 5.17 Å². The number of ether oxygens (including phenoxy) is 1. The van der Waals surface area contributed by atoms with Gasteiger partial charge in [-0.15, -0.1) is 0 Å². The van der Waals surface area contributed by atoms with Crippen LogP contribution in [0.2, 0.25) is 0 Å². The molecule has 3 rings (SSSR count). The van der Waals surface area contributed by atoms with E-state index in [0.717, 1.165) is 11.4 Å². The zero-order valence-electron chi connectivity index (χ0n) is 12.3. The van der Waals surface area contributed by atoms with Crippen molar-refractivity contribution in [2.24, 2.45) is 4.99 Å². The van der Waals surface area contributed by atoms with E-state index in [9.17, 15) is 4.79 Å². The maximum atomic E-state index is 11.7. The fraction of sp³-hybridized carbons (Fsp3) is 0.286. The number of rotatable bonds is 2. The summed E-state index contributed by atoms with van der Waals surface area (Å²) in [6.45, 7) is 2.80. The van der Waals surface area contributed by atoms with Gasteiger partial charge in [-0.1, -0.05) is 11.8 Å². The van der Waals surface area contributed by atoms with Gasteiger partial charge in [0.2, 0.25) is 0 Å². The Hall–Kier alpha value is -2.35. The van der Waals surface area contributed by atoms with Crippen molar-refractivity contribution in [3.8, 4) is 5.69 Å². The molecule has 7 nitrogen and oxygen atoms in total. The average molecular weight is 317 g/mol. The smallest absolute Gasteiger partial charge is 0.416 e. The van der Waals surface area contributed by atoms with Gasteiger partial charge in [-0.05, 0) is 25.3 Å². The minimum atomic E-state index is -0.356. The van der Waals surface area contributed by atoms with Crippen LogP contribution in [0.4, 0.5) is 10.5 Å². The second-order valence-electron chi connectivity index (χ2n) is 4.62. The van der Waals surface area contributed by atoms with Crippen LogP contribution in [0.15, 0.2) is 35.7 Å². The van der Waals surface area contributed by atoms with Gasteiger partial charge in [0, 0.05) is 6.20 Å². The van der Waals surface area contributed by atoms with Gasteiger partial charge in [0.1, 0.15) is 12.3 Å². The van der Waals surface area contributed by atoms with E-state index in [1.54, 1.807) is 17.1 Å². The monoisotopic (exact) mass is 317 g/mol. The average Bonchev–Trinajstić information content (AvgIpc) is 3.12. The van der Waals surface area contributed by atoms with Gasteiger partial charge in [-0.25, -0.2) is 14.5 Å². The van der Waals surface area contributed by atoms with Gasteiger partial charge in [-0.3, -0.25) is 9.88 Å². The molecule has 1 fully saturated rings. The Kier molecular flexibility index (Phi) is 4.10. The molecular formula is C14H15N5O2S.